The van der Waals surface area contributed by atoms with Gasteiger partial charge in [0.2, 0.25) is 5.95 Å². The van der Waals surface area contributed by atoms with Crippen molar-refractivity contribution in [1.29, 1.82) is 0 Å². The van der Waals surface area contributed by atoms with Gasteiger partial charge in [0.25, 0.3) is 6.08 Å². The van der Waals surface area contributed by atoms with Crippen LogP contribution in [0.15, 0.2) is 0 Å². The van der Waals surface area contributed by atoms with E-state index in [0.717, 1.165) is 0 Å². The highest BCUT2D eigenvalue weighted by Gasteiger charge is 2.08. The van der Waals surface area contributed by atoms with Gasteiger partial charge in [-0.05, 0) is 0 Å². The van der Waals surface area contributed by atoms with Crippen molar-refractivity contribution in [2.75, 3.05) is 11.5 Å². The van der Waals surface area contributed by atoms with Crippen molar-refractivity contribution in [1.82, 2.24) is 19.9 Å². The van der Waals surface area contributed by atoms with E-state index in [-0.39, 0.29) is 22.9 Å². The van der Waals surface area contributed by atoms with E-state index < -0.39 is 6.08 Å². The quantitative estimate of drug-likeness (QED) is 0.466. The van der Waals surface area contributed by atoms with Gasteiger partial charge in [0, 0.05) is 0 Å². The van der Waals surface area contributed by atoms with Crippen LogP contribution in [-0.4, -0.2) is 19.9 Å². The van der Waals surface area contributed by atoms with E-state index in [1.165, 1.54) is 0 Å². The summed E-state index contributed by atoms with van der Waals surface area (Å²) in [5.41, 5.74) is 11.1. The second kappa shape index (κ2) is 2.03. The molecule has 2 rings (SSSR count). The molecular weight excluding hydrogens is 163 g/mol. The van der Waals surface area contributed by atoms with Crippen LogP contribution in [0.5, 0.6) is 0 Å². The second-order valence-corrected chi connectivity index (χ2v) is 2.19. The summed E-state index contributed by atoms with van der Waals surface area (Å²) in [6.45, 7) is 0. The summed E-state index contributed by atoms with van der Waals surface area (Å²) in [7, 11) is 0. The molecular formula is C5H5FN6. The number of aromatic amines is 1. The summed E-state index contributed by atoms with van der Waals surface area (Å²) in [6.07, 6.45) is -0.753. The first kappa shape index (κ1) is 6.77. The van der Waals surface area contributed by atoms with Crippen LogP contribution < -0.4 is 11.5 Å². The molecule has 2 aromatic heterocycles. The molecule has 0 bridgehead atoms. The Labute approximate surface area is 65.8 Å². The van der Waals surface area contributed by atoms with Crippen molar-refractivity contribution in [3.8, 4) is 0 Å². The Morgan fingerprint density at radius 3 is 2.67 bits per heavy atom. The maximum absolute atomic E-state index is 12.5. The molecule has 2 aromatic rings. The summed E-state index contributed by atoms with van der Waals surface area (Å²) >= 11 is 0. The minimum atomic E-state index is -0.753. The van der Waals surface area contributed by atoms with Crippen molar-refractivity contribution >= 4 is 22.9 Å². The molecule has 6 nitrogen and oxygen atoms in total. The largest absolute Gasteiger partial charge is 0.382 e. The van der Waals surface area contributed by atoms with E-state index in [2.05, 4.69) is 19.9 Å². The van der Waals surface area contributed by atoms with E-state index in [4.69, 9.17) is 11.5 Å². The molecule has 62 valence electrons. The number of fused-ring (bicyclic) bond motifs is 1. The Morgan fingerprint density at radius 2 is 1.92 bits per heavy atom. The first-order valence-electron chi connectivity index (χ1n) is 3.11. The van der Waals surface area contributed by atoms with Crippen LogP contribution in [0.3, 0.4) is 0 Å². The minimum Gasteiger partial charge on any atom is -0.382 e. The van der Waals surface area contributed by atoms with Crippen molar-refractivity contribution in [3.05, 3.63) is 6.08 Å². The predicted octanol–water partition coefficient (Wildman–Crippen LogP) is -0.344. The maximum atomic E-state index is 12.5. The van der Waals surface area contributed by atoms with Crippen molar-refractivity contribution in [3.63, 3.8) is 0 Å². The van der Waals surface area contributed by atoms with E-state index in [1.807, 2.05) is 0 Å². The second-order valence-electron chi connectivity index (χ2n) is 2.19. The van der Waals surface area contributed by atoms with Crippen molar-refractivity contribution in [2.24, 2.45) is 0 Å². The molecule has 0 saturated heterocycles. The molecule has 0 unspecified atom stereocenters. The number of hydrogen-bond donors (Lipinski definition) is 3. The Kier molecular flexibility index (Phi) is 1.15. The summed E-state index contributed by atoms with van der Waals surface area (Å²) in [4.78, 5) is 13.0. The fourth-order valence-electron chi connectivity index (χ4n) is 0.911. The Balaban J connectivity index is 2.88. The smallest absolute Gasteiger partial charge is 0.288 e. The van der Waals surface area contributed by atoms with Gasteiger partial charge in [-0.15, -0.1) is 0 Å². The van der Waals surface area contributed by atoms with Crippen LogP contribution >= 0.6 is 0 Å². The Morgan fingerprint density at radius 1 is 1.17 bits per heavy atom. The third-order valence-corrected chi connectivity index (χ3v) is 1.36. The van der Waals surface area contributed by atoms with Gasteiger partial charge >= 0.3 is 0 Å². The van der Waals surface area contributed by atoms with Crippen LogP contribution in [0.4, 0.5) is 16.2 Å². The predicted molar refractivity (Wildman–Crippen MR) is 40.5 cm³/mol. The highest BCUT2D eigenvalue weighted by molar-refractivity contribution is 5.81. The molecule has 0 aliphatic rings. The summed E-state index contributed by atoms with van der Waals surface area (Å²) in [5.74, 6) is 0.0568. The number of hydrogen-bond acceptors (Lipinski definition) is 5. The number of aromatic nitrogens is 4. The van der Waals surface area contributed by atoms with E-state index in [9.17, 15) is 4.39 Å². The Hall–Kier alpha value is -1.92. The summed E-state index contributed by atoms with van der Waals surface area (Å²) < 4.78 is 12.5. The average molecular weight is 168 g/mol. The van der Waals surface area contributed by atoms with Gasteiger partial charge in [-0.25, -0.2) is 0 Å². The molecule has 0 saturated carbocycles. The molecule has 12 heavy (non-hydrogen) atoms. The number of H-pyrrole nitrogens is 1. The standard InChI is InChI=1S/C5H5FN6/c6-4-9-1-2(7)10-5(8)12-3(1)11-4/h(H5,7,8,9,10,11,12). The van der Waals surface area contributed by atoms with Crippen LogP contribution in [-0.2, 0) is 0 Å². The molecule has 0 radical (unpaired) electrons. The summed E-state index contributed by atoms with van der Waals surface area (Å²) in [5, 5.41) is 0. The fraction of sp³-hybridized carbons (Fsp3) is 0. The van der Waals surface area contributed by atoms with Crippen LogP contribution in [0.1, 0.15) is 0 Å². The number of rotatable bonds is 0. The third kappa shape index (κ3) is 0.831. The van der Waals surface area contributed by atoms with Gasteiger partial charge in [-0.3, -0.25) is 4.98 Å². The van der Waals surface area contributed by atoms with Crippen molar-refractivity contribution < 1.29 is 4.39 Å². The van der Waals surface area contributed by atoms with E-state index >= 15 is 0 Å². The van der Waals surface area contributed by atoms with E-state index in [1.54, 1.807) is 0 Å². The monoisotopic (exact) mass is 168 g/mol. The van der Waals surface area contributed by atoms with Gasteiger partial charge in [-0.1, -0.05) is 0 Å². The first-order valence-corrected chi connectivity index (χ1v) is 3.11. The Bertz CT molecular complexity index is 435. The molecule has 0 aromatic carbocycles. The lowest BCUT2D eigenvalue weighted by Crippen LogP contribution is -1.99. The number of nitrogen functional groups attached to an aromatic ring is 2. The lowest BCUT2D eigenvalue weighted by Gasteiger charge is -1.93. The molecule has 7 heteroatoms. The highest BCUT2D eigenvalue weighted by Crippen LogP contribution is 2.14. The van der Waals surface area contributed by atoms with Crippen molar-refractivity contribution in [2.45, 2.75) is 0 Å². The zero-order valence-corrected chi connectivity index (χ0v) is 5.87. The first-order chi connectivity index (χ1) is 5.66. The highest BCUT2D eigenvalue weighted by atomic mass is 19.1. The number of imidazole rings is 1. The lowest BCUT2D eigenvalue weighted by atomic mass is 10.5. The average Bonchev–Trinajstić information content (AvgIpc) is 2.29. The number of anilines is 2. The molecule has 0 aliphatic carbocycles. The van der Waals surface area contributed by atoms with Gasteiger partial charge in [0.1, 0.15) is 0 Å². The molecule has 0 atom stereocenters. The number of nitrogens with zero attached hydrogens (tertiary/aromatic N) is 3. The zero-order valence-electron chi connectivity index (χ0n) is 5.87. The van der Waals surface area contributed by atoms with Gasteiger partial charge in [0.05, 0.1) is 0 Å². The fourth-order valence-corrected chi connectivity index (χ4v) is 0.911. The SMILES string of the molecule is Nc1nc(N)c2nc(F)[nH]c2n1. The minimum absolute atomic E-state index is 0.0105. The third-order valence-electron chi connectivity index (χ3n) is 1.36. The van der Waals surface area contributed by atoms with Crippen LogP contribution in [0, 0.1) is 6.08 Å². The molecule has 0 fully saturated rings. The molecule has 5 N–H and O–H groups in total. The molecule has 0 spiro atoms. The summed E-state index contributed by atoms with van der Waals surface area (Å²) in [6, 6.07) is 0. The molecule has 0 amide bonds. The lowest BCUT2D eigenvalue weighted by molar-refractivity contribution is 0.556. The van der Waals surface area contributed by atoms with Gasteiger partial charge < -0.3 is 11.5 Å². The van der Waals surface area contributed by atoms with Crippen LogP contribution in [0.2, 0.25) is 0 Å². The van der Waals surface area contributed by atoms with E-state index in [0.29, 0.717) is 0 Å². The zero-order chi connectivity index (χ0) is 8.72. The van der Waals surface area contributed by atoms with Gasteiger partial charge in [0.15, 0.2) is 17.0 Å². The number of nitrogens with one attached hydrogen (secondary N) is 1. The number of halogens is 1. The van der Waals surface area contributed by atoms with Crippen LogP contribution in [0.25, 0.3) is 11.2 Å². The molecule has 2 heterocycles. The van der Waals surface area contributed by atoms with Gasteiger partial charge in [-0.2, -0.15) is 19.3 Å². The number of nitrogens with two attached hydrogens (primary N) is 2. The molecule has 0 aliphatic heterocycles. The normalized spacial score (nSPS) is 10.8. The topological polar surface area (TPSA) is 106 Å². The maximum Gasteiger partial charge on any atom is 0.288 e.